The van der Waals surface area contributed by atoms with Gasteiger partial charge in [-0.2, -0.15) is 0 Å². The normalized spacial score (nSPS) is 14.7. The molecular formula is C32H35ClN4O3. The molecule has 1 aliphatic heterocycles. The molecule has 40 heavy (non-hydrogen) atoms. The first-order valence-corrected chi connectivity index (χ1v) is 14.0. The largest absolute Gasteiger partial charge is 0.497 e. The molecule has 2 heterocycles. The van der Waals surface area contributed by atoms with E-state index in [1.165, 1.54) is 5.56 Å². The van der Waals surface area contributed by atoms with Gasteiger partial charge in [0.15, 0.2) is 5.82 Å². The summed E-state index contributed by atoms with van der Waals surface area (Å²) >= 11 is 6.13. The number of rotatable bonds is 10. The Labute approximate surface area is 241 Å². The highest BCUT2D eigenvalue weighted by molar-refractivity contribution is 6.30. The molecule has 5 rings (SSSR count). The Balaban J connectivity index is 1.26. The van der Waals surface area contributed by atoms with Gasteiger partial charge in [-0.1, -0.05) is 54.1 Å². The summed E-state index contributed by atoms with van der Waals surface area (Å²) in [5.41, 5.74) is 4.28. The monoisotopic (exact) mass is 558 g/mol. The van der Waals surface area contributed by atoms with E-state index in [4.69, 9.17) is 31.0 Å². The number of aryl methyl sites for hydroxylation is 1. The third kappa shape index (κ3) is 7.10. The number of hydrogen-bond donors (Lipinski definition) is 1. The molecule has 0 unspecified atom stereocenters. The molecule has 4 aromatic rings. The van der Waals surface area contributed by atoms with Gasteiger partial charge < -0.3 is 19.5 Å². The number of hydrogen-bond acceptors (Lipinski definition) is 7. The van der Waals surface area contributed by atoms with E-state index in [2.05, 4.69) is 28.9 Å². The third-order valence-corrected chi connectivity index (χ3v) is 7.41. The standard InChI is InChI=1S/C32H35ClN4O3/c1-23-30(20-24-8-10-26(33)11-9-24)32(35-31(34-23)25-6-4-3-5-7-25)37-18-16-36(17-19-37)21-27(38)22-40-29-14-12-28(39-2)13-15-29/h3-15,27,38H,16-22H2,1-2H3/t27-/m0/s1. The summed E-state index contributed by atoms with van der Waals surface area (Å²) in [5.74, 6) is 3.20. The lowest BCUT2D eigenvalue weighted by Crippen LogP contribution is -2.49. The number of aromatic nitrogens is 2. The maximum absolute atomic E-state index is 10.6. The Morgan fingerprint density at radius 3 is 2.23 bits per heavy atom. The van der Waals surface area contributed by atoms with E-state index in [0.29, 0.717) is 12.3 Å². The molecule has 1 atom stereocenters. The fourth-order valence-electron chi connectivity index (χ4n) is 4.93. The fourth-order valence-corrected chi connectivity index (χ4v) is 5.06. The van der Waals surface area contributed by atoms with Crippen LogP contribution in [0.15, 0.2) is 78.9 Å². The van der Waals surface area contributed by atoms with Crippen LogP contribution in [0.3, 0.4) is 0 Å². The van der Waals surface area contributed by atoms with E-state index >= 15 is 0 Å². The molecule has 7 nitrogen and oxygen atoms in total. The highest BCUT2D eigenvalue weighted by atomic mass is 35.5. The molecule has 0 aliphatic carbocycles. The zero-order valence-corrected chi connectivity index (χ0v) is 23.7. The summed E-state index contributed by atoms with van der Waals surface area (Å²) in [6.45, 7) is 6.13. The van der Waals surface area contributed by atoms with Gasteiger partial charge in [0, 0.05) is 61.0 Å². The van der Waals surface area contributed by atoms with Crippen molar-refractivity contribution < 1.29 is 14.6 Å². The van der Waals surface area contributed by atoms with Gasteiger partial charge in [-0.3, -0.25) is 4.90 Å². The molecule has 1 N–H and O–H groups in total. The molecule has 0 saturated carbocycles. The number of anilines is 1. The Hall–Kier alpha value is -3.65. The molecule has 8 heteroatoms. The summed E-state index contributed by atoms with van der Waals surface area (Å²) in [6.07, 6.45) is 0.148. The van der Waals surface area contributed by atoms with E-state index in [1.54, 1.807) is 7.11 Å². The first-order valence-electron chi connectivity index (χ1n) is 13.6. The second-order valence-corrected chi connectivity index (χ2v) is 10.5. The summed E-state index contributed by atoms with van der Waals surface area (Å²) in [6, 6.07) is 25.5. The molecule has 3 aromatic carbocycles. The van der Waals surface area contributed by atoms with Crippen molar-refractivity contribution in [3.63, 3.8) is 0 Å². The molecule has 1 saturated heterocycles. The zero-order valence-electron chi connectivity index (χ0n) is 23.0. The van der Waals surface area contributed by atoms with Crippen molar-refractivity contribution in [2.24, 2.45) is 0 Å². The van der Waals surface area contributed by atoms with Crippen molar-refractivity contribution >= 4 is 17.4 Å². The number of nitrogens with zero attached hydrogens (tertiary/aromatic N) is 4. The minimum Gasteiger partial charge on any atom is -0.497 e. The Morgan fingerprint density at radius 2 is 1.55 bits per heavy atom. The van der Waals surface area contributed by atoms with Crippen molar-refractivity contribution in [3.8, 4) is 22.9 Å². The molecule has 0 spiro atoms. The van der Waals surface area contributed by atoms with Crippen LogP contribution in [0.2, 0.25) is 5.02 Å². The van der Waals surface area contributed by atoms with Crippen molar-refractivity contribution in [3.05, 3.63) is 101 Å². The Bertz CT molecular complexity index is 1380. The molecule has 0 bridgehead atoms. The lowest BCUT2D eigenvalue weighted by Gasteiger charge is -2.37. The van der Waals surface area contributed by atoms with Crippen LogP contribution in [0.5, 0.6) is 11.5 Å². The van der Waals surface area contributed by atoms with Crippen molar-refractivity contribution in [1.29, 1.82) is 0 Å². The lowest BCUT2D eigenvalue weighted by atomic mass is 10.0. The summed E-state index contributed by atoms with van der Waals surface area (Å²) in [4.78, 5) is 14.6. The van der Waals surface area contributed by atoms with Gasteiger partial charge >= 0.3 is 0 Å². The molecule has 0 radical (unpaired) electrons. The van der Waals surface area contributed by atoms with Crippen LogP contribution in [-0.2, 0) is 6.42 Å². The molecule has 1 fully saturated rings. The van der Waals surface area contributed by atoms with E-state index < -0.39 is 6.10 Å². The van der Waals surface area contributed by atoms with Crippen LogP contribution in [-0.4, -0.2) is 72.5 Å². The van der Waals surface area contributed by atoms with Crippen LogP contribution in [0.1, 0.15) is 16.8 Å². The van der Waals surface area contributed by atoms with Gasteiger partial charge in [0.2, 0.25) is 0 Å². The predicted molar refractivity (Wildman–Crippen MR) is 160 cm³/mol. The number of piperazine rings is 1. The minimum atomic E-state index is -0.583. The molecule has 0 amide bonds. The lowest BCUT2D eigenvalue weighted by molar-refractivity contribution is 0.0662. The van der Waals surface area contributed by atoms with Crippen LogP contribution >= 0.6 is 11.6 Å². The van der Waals surface area contributed by atoms with Crippen LogP contribution in [0, 0.1) is 6.92 Å². The van der Waals surface area contributed by atoms with E-state index in [9.17, 15) is 5.11 Å². The SMILES string of the molecule is COc1ccc(OC[C@@H](O)CN2CCN(c3nc(-c4ccccc4)nc(C)c3Cc3ccc(Cl)cc3)CC2)cc1. The van der Waals surface area contributed by atoms with Gasteiger partial charge in [0.25, 0.3) is 0 Å². The number of halogens is 1. The second-order valence-electron chi connectivity index (χ2n) is 10.0. The van der Waals surface area contributed by atoms with E-state index in [-0.39, 0.29) is 6.61 Å². The smallest absolute Gasteiger partial charge is 0.161 e. The fraction of sp³-hybridized carbons (Fsp3) is 0.312. The molecule has 1 aliphatic rings. The number of β-amino-alcohol motifs (C(OH)–C–C–N with tert-alkyl or cyclic N) is 1. The number of methoxy groups -OCH3 is 1. The quantitative estimate of drug-likeness (QED) is 0.284. The summed E-state index contributed by atoms with van der Waals surface area (Å²) < 4.78 is 11.0. The van der Waals surface area contributed by atoms with Gasteiger partial charge in [0.05, 0.1) is 7.11 Å². The number of ether oxygens (including phenoxy) is 2. The molecular weight excluding hydrogens is 524 g/mol. The number of aliphatic hydroxyl groups excluding tert-OH is 1. The molecule has 208 valence electrons. The highest BCUT2D eigenvalue weighted by Gasteiger charge is 2.24. The average Bonchev–Trinajstić information content (AvgIpc) is 2.99. The molecule has 1 aromatic heterocycles. The van der Waals surface area contributed by atoms with Crippen LogP contribution < -0.4 is 14.4 Å². The number of aliphatic hydroxyl groups is 1. The first-order chi connectivity index (χ1) is 19.5. The summed E-state index contributed by atoms with van der Waals surface area (Å²) in [5, 5.41) is 11.4. The highest BCUT2D eigenvalue weighted by Crippen LogP contribution is 2.29. The van der Waals surface area contributed by atoms with Gasteiger partial charge in [-0.05, 0) is 48.9 Å². The van der Waals surface area contributed by atoms with E-state index in [0.717, 1.165) is 71.8 Å². The maximum atomic E-state index is 10.6. The topological polar surface area (TPSA) is 71.0 Å². The Kier molecular flexibility index (Phi) is 9.16. The van der Waals surface area contributed by atoms with E-state index in [1.807, 2.05) is 66.7 Å². The maximum Gasteiger partial charge on any atom is 0.161 e. The summed E-state index contributed by atoms with van der Waals surface area (Å²) in [7, 11) is 1.63. The predicted octanol–water partition coefficient (Wildman–Crippen LogP) is 5.27. The first kappa shape index (κ1) is 27.9. The van der Waals surface area contributed by atoms with Crippen molar-refractivity contribution in [1.82, 2.24) is 14.9 Å². The Morgan fingerprint density at radius 1 is 0.875 bits per heavy atom. The van der Waals surface area contributed by atoms with Crippen molar-refractivity contribution in [2.75, 3.05) is 51.3 Å². The third-order valence-electron chi connectivity index (χ3n) is 7.16. The second kappa shape index (κ2) is 13.1. The minimum absolute atomic E-state index is 0.239. The number of benzene rings is 3. The van der Waals surface area contributed by atoms with Gasteiger partial charge in [-0.15, -0.1) is 0 Å². The van der Waals surface area contributed by atoms with Crippen LogP contribution in [0.25, 0.3) is 11.4 Å². The average molecular weight is 559 g/mol. The zero-order chi connectivity index (χ0) is 27.9. The van der Waals surface area contributed by atoms with Crippen molar-refractivity contribution in [2.45, 2.75) is 19.4 Å². The van der Waals surface area contributed by atoms with Gasteiger partial charge in [0.1, 0.15) is 30.0 Å². The van der Waals surface area contributed by atoms with Gasteiger partial charge in [-0.25, -0.2) is 9.97 Å². The van der Waals surface area contributed by atoms with Crippen LogP contribution in [0.4, 0.5) is 5.82 Å².